The van der Waals surface area contributed by atoms with Crippen LogP contribution in [0, 0.1) is 0 Å². The highest BCUT2D eigenvalue weighted by Crippen LogP contribution is 2.19. The van der Waals surface area contributed by atoms with Crippen LogP contribution in [0.5, 0.6) is 0 Å². The standard InChI is InChI=1S/C18H22N4O2/c1-3-4-5-18(24)22-17-11-10-16(12-19-17)21-15-8-6-14(7-9-15)20-13(2)23/h6-12,21H,3-5H2,1-2H3,(H,20,23)(H,19,22,24). The van der Waals surface area contributed by atoms with Gasteiger partial charge in [-0.05, 0) is 42.8 Å². The van der Waals surface area contributed by atoms with E-state index in [2.05, 4.69) is 27.9 Å². The number of benzene rings is 1. The van der Waals surface area contributed by atoms with Gasteiger partial charge in [-0.1, -0.05) is 13.3 Å². The first-order valence-corrected chi connectivity index (χ1v) is 7.97. The summed E-state index contributed by atoms with van der Waals surface area (Å²) in [6.07, 6.45) is 4.04. The van der Waals surface area contributed by atoms with Gasteiger partial charge >= 0.3 is 0 Å². The van der Waals surface area contributed by atoms with E-state index in [0.717, 1.165) is 29.9 Å². The molecule has 2 amide bonds. The second kappa shape index (κ2) is 8.67. The van der Waals surface area contributed by atoms with Crippen LogP contribution in [-0.4, -0.2) is 16.8 Å². The fraction of sp³-hybridized carbons (Fsp3) is 0.278. The Morgan fingerprint density at radius 3 is 2.21 bits per heavy atom. The van der Waals surface area contributed by atoms with Crippen molar-refractivity contribution in [1.82, 2.24) is 4.98 Å². The number of rotatable bonds is 7. The Morgan fingerprint density at radius 1 is 0.958 bits per heavy atom. The summed E-state index contributed by atoms with van der Waals surface area (Å²) in [4.78, 5) is 26.9. The molecule has 0 radical (unpaired) electrons. The summed E-state index contributed by atoms with van der Waals surface area (Å²) in [5.74, 6) is 0.428. The summed E-state index contributed by atoms with van der Waals surface area (Å²) >= 11 is 0. The van der Waals surface area contributed by atoms with Gasteiger partial charge in [-0.2, -0.15) is 0 Å². The van der Waals surface area contributed by atoms with Gasteiger partial charge in [-0.3, -0.25) is 9.59 Å². The molecule has 6 heteroatoms. The SMILES string of the molecule is CCCCC(=O)Nc1ccc(Nc2ccc(NC(C)=O)cc2)cn1. The summed E-state index contributed by atoms with van der Waals surface area (Å²) in [6, 6.07) is 11.0. The van der Waals surface area contributed by atoms with Gasteiger partial charge in [-0.15, -0.1) is 0 Å². The number of nitrogens with one attached hydrogen (secondary N) is 3. The molecule has 0 atom stereocenters. The Balaban J connectivity index is 1.91. The van der Waals surface area contributed by atoms with Gasteiger partial charge in [0.15, 0.2) is 0 Å². The minimum Gasteiger partial charge on any atom is -0.354 e. The van der Waals surface area contributed by atoms with E-state index < -0.39 is 0 Å². The predicted molar refractivity (Wildman–Crippen MR) is 96.4 cm³/mol. The van der Waals surface area contributed by atoms with Crippen molar-refractivity contribution in [2.45, 2.75) is 33.1 Å². The summed E-state index contributed by atoms with van der Waals surface area (Å²) in [5, 5.41) is 8.70. The van der Waals surface area contributed by atoms with Gasteiger partial charge in [0.05, 0.1) is 11.9 Å². The van der Waals surface area contributed by atoms with Crippen molar-refractivity contribution in [1.29, 1.82) is 0 Å². The molecule has 0 unspecified atom stereocenters. The lowest BCUT2D eigenvalue weighted by molar-refractivity contribution is -0.116. The monoisotopic (exact) mass is 326 g/mol. The van der Waals surface area contributed by atoms with E-state index in [0.29, 0.717) is 12.2 Å². The highest BCUT2D eigenvalue weighted by atomic mass is 16.2. The Bertz CT molecular complexity index is 681. The summed E-state index contributed by atoms with van der Waals surface area (Å²) < 4.78 is 0. The second-order valence-corrected chi connectivity index (χ2v) is 5.47. The largest absolute Gasteiger partial charge is 0.354 e. The van der Waals surface area contributed by atoms with Crippen LogP contribution in [0.25, 0.3) is 0 Å². The molecule has 1 aromatic carbocycles. The average Bonchev–Trinajstić information content (AvgIpc) is 2.56. The molecule has 6 nitrogen and oxygen atoms in total. The van der Waals surface area contributed by atoms with Crippen molar-refractivity contribution in [3.8, 4) is 0 Å². The van der Waals surface area contributed by atoms with Crippen LogP contribution in [0.2, 0.25) is 0 Å². The third-order valence-electron chi connectivity index (χ3n) is 3.28. The second-order valence-electron chi connectivity index (χ2n) is 5.47. The molecule has 126 valence electrons. The molecule has 1 aromatic heterocycles. The van der Waals surface area contributed by atoms with Crippen molar-refractivity contribution >= 4 is 34.7 Å². The Morgan fingerprint density at radius 2 is 1.62 bits per heavy atom. The molecule has 0 aliphatic heterocycles. The van der Waals surface area contributed by atoms with Crippen molar-refractivity contribution in [3.63, 3.8) is 0 Å². The summed E-state index contributed by atoms with van der Waals surface area (Å²) in [6.45, 7) is 3.52. The van der Waals surface area contributed by atoms with E-state index in [1.165, 1.54) is 6.92 Å². The van der Waals surface area contributed by atoms with E-state index in [1.807, 2.05) is 30.3 Å². The molecule has 0 fully saturated rings. The zero-order valence-electron chi connectivity index (χ0n) is 13.9. The lowest BCUT2D eigenvalue weighted by Gasteiger charge is -2.09. The molecule has 1 heterocycles. The predicted octanol–water partition coefficient (Wildman–Crippen LogP) is 3.91. The Labute approximate surface area is 141 Å². The molecule has 0 saturated heterocycles. The van der Waals surface area contributed by atoms with Crippen molar-refractivity contribution < 1.29 is 9.59 Å². The number of unbranched alkanes of at least 4 members (excludes halogenated alkanes) is 1. The van der Waals surface area contributed by atoms with Crippen molar-refractivity contribution in [2.75, 3.05) is 16.0 Å². The van der Waals surface area contributed by atoms with Gasteiger partial charge in [0.1, 0.15) is 5.82 Å². The molecule has 24 heavy (non-hydrogen) atoms. The molecule has 0 aliphatic rings. The summed E-state index contributed by atoms with van der Waals surface area (Å²) in [7, 11) is 0. The van der Waals surface area contributed by atoms with Crippen LogP contribution in [0.15, 0.2) is 42.6 Å². The quantitative estimate of drug-likeness (QED) is 0.720. The number of amides is 2. The van der Waals surface area contributed by atoms with Crippen molar-refractivity contribution in [3.05, 3.63) is 42.6 Å². The Kier molecular flexibility index (Phi) is 6.31. The molecule has 2 rings (SSSR count). The van der Waals surface area contributed by atoms with Gasteiger partial charge in [0.2, 0.25) is 11.8 Å². The number of carbonyl (C=O) groups is 2. The molecular formula is C18H22N4O2. The van der Waals surface area contributed by atoms with Crippen LogP contribution < -0.4 is 16.0 Å². The van der Waals surface area contributed by atoms with Crippen LogP contribution in [-0.2, 0) is 9.59 Å². The lowest BCUT2D eigenvalue weighted by atomic mass is 10.2. The highest BCUT2D eigenvalue weighted by Gasteiger charge is 2.03. The van der Waals surface area contributed by atoms with E-state index in [1.54, 1.807) is 12.3 Å². The zero-order valence-corrected chi connectivity index (χ0v) is 13.9. The summed E-state index contributed by atoms with van der Waals surface area (Å²) in [5.41, 5.74) is 2.44. The van der Waals surface area contributed by atoms with Crippen LogP contribution >= 0.6 is 0 Å². The smallest absolute Gasteiger partial charge is 0.225 e. The highest BCUT2D eigenvalue weighted by molar-refractivity contribution is 5.90. The maximum atomic E-state index is 11.7. The van der Waals surface area contributed by atoms with E-state index in [-0.39, 0.29) is 11.8 Å². The normalized spacial score (nSPS) is 10.1. The maximum absolute atomic E-state index is 11.7. The van der Waals surface area contributed by atoms with Crippen LogP contribution in [0.1, 0.15) is 33.1 Å². The first-order valence-electron chi connectivity index (χ1n) is 7.97. The third kappa shape index (κ3) is 5.72. The van der Waals surface area contributed by atoms with E-state index in [9.17, 15) is 9.59 Å². The number of carbonyl (C=O) groups excluding carboxylic acids is 2. The van der Waals surface area contributed by atoms with Gasteiger partial charge in [0, 0.05) is 24.7 Å². The van der Waals surface area contributed by atoms with Crippen molar-refractivity contribution in [2.24, 2.45) is 0 Å². The molecular weight excluding hydrogens is 304 g/mol. The molecule has 0 bridgehead atoms. The maximum Gasteiger partial charge on any atom is 0.225 e. The number of nitrogens with zero attached hydrogens (tertiary/aromatic N) is 1. The topological polar surface area (TPSA) is 83.1 Å². The van der Waals surface area contributed by atoms with Crippen LogP contribution in [0.4, 0.5) is 22.9 Å². The minimum atomic E-state index is -0.100. The molecule has 2 aromatic rings. The fourth-order valence-corrected chi connectivity index (χ4v) is 2.09. The van der Waals surface area contributed by atoms with Gasteiger partial charge in [0.25, 0.3) is 0 Å². The third-order valence-corrected chi connectivity index (χ3v) is 3.28. The number of anilines is 4. The average molecular weight is 326 g/mol. The Hall–Kier alpha value is -2.89. The van der Waals surface area contributed by atoms with E-state index in [4.69, 9.17) is 0 Å². The first kappa shape index (κ1) is 17.5. The lowest BCUT2D eigenvalue weighted by Crippen LogP contribution is -2.12. The number of aromatic nitrogens is 1. The minimum absolute atomic E-state index is 0.0152. The van der Waals surface area contributed by atoms with Crippen LogP contribution in [0.3, 0.4) is 0 Å². The zero-order chi connectivity index (χ0) is 17.4. The molecule has 0 aliphatic carbocycles. The molecule has 0 saturated carbocycles. The number of hydrogen-bond donors (Lipinski definition) is 3. The number of pyridine rings is 1. The van der Waals surface area contributed by atoms with E-state index >= 15 is 0 Å². The number of hydrogen-bond acceptors (Lipinski definition) is 4. The first-order chi connectivity index (χ1) is 11.6. The van der Waals surface area contributed by atoms with Gasteiger partial charge < -0.3 is 16.0 Å². The van der Waals surface area contributed by atoms with Gasteiger partial charge in [-0.25, -0.2) is 4.98 Å². The fourth-order valence-electron chi connectivity index (χ4n) is 2.09. The molecule has 0 spiro atoms. The molecule has 3 N–H and O–H groups in total.